The van der Waals surface area contributed by atoms with Crippen LogP contribution in [0.1, 0.15) is 11.1 Å². The zero-order valence-electron chi connectivity index (χ0n) is 23.2. The van der Waals surface area contributed by atoms with Gasteiger partial charge in [-0.1, -0.05) is 30.3 Å². The van der Waals surface area contributed by atoms with Crippen molar-refractivity contribution >= 4 is 52.5 Å². The molecule has 4 heterocycles. The van der Waals surface area contributed by atoms with Gasteiger partial charge in [0.15, 0.2) is 0 Å². The van der Waals surface area contributed by atoms with Crippen LogP contribution in [0.5, 0.6) is 11.5 Å². The summed E-state index contributed by atoms with van der Waals surface area (Å²) in [4.78, 5) is 9.22. The molecule has 0 amide bonds. The van der Waals surface area contributed by atoms with Gasteiger partial charge in [0.2, 0.25) is 5.82 Å². The first-order valence-electron chi connectivity index (χ1n) is 13.6. The summed E-state index contributed by atoms with van der Waals surface area (Å²) in [6.45, 7) is -4.43. The van der Waals surface area contributed by atoms with E-state index in [0.29, 0.717) is 48.7 Å². The minimum Gasteiger partial charge on any atom is -0.497 e. The Balaban J connectivity index is 1.56. The molecule has 0 radical (unpaired) electrons. The third kappa shape index (κ3) is 4.39. The Kier molecular flexibility index (Phi) is 6.73. The maximum atomic E-state index is 17.5. The Hall–Kier alpha value is -4.58. The van der Waals surface area contributed by atoms with Crippen molar-refractivity contribution < 1.29 is 22.6 Å². The fraction of sp³-hybridized carbons (Fsp3) is 0.0606. The van der Waals surface area contributed by atoms with Crippen molar-refractivity contribution in [2.45, 2.75) is 0 Å². The number of nitrogens with zero attached hydrogens (tertiary/aromatic N) is 4. The average Bonchev–Trinajstić information content (AvgIpc) is 3.58. The van der Waals surface area contributed by atoms with Crippen LogP contribution in [0.15, 0.2) is 114 Å². The molecule has 0 saturated heterocycles. The van der Waals surface area contributed by atoms with Crippen LogP contribution in [-0.4, -0.2) is 46.7 Å². The van der Waals surface area contributed by atoms with E-state index in [0.717, 1.165) is 20.1 Å². The molecular weight excluding hydrogens is 660 g/mol. The number of aromatic nitrogens is 2. The summed E-state index contributed by atoms with van der Waals surface area (Å²) in [5.74, 6) is 1.70. The van der Waals surface area contributed by atoms with Crippen molar-refractivity contribution in [2.24, 2.45) is 4.99 Å². The van der Waals surface area contributed by atoms with Crippen LogP contribution in [0, 0.1) is 3.57 Å². The van der Waals surface area contributed by atoms with Gasteiger partial charge in [-0.3, -0.25) is 4.98 Å². The number of amidine groups is 1. The largest absolute Gasteiger partial charge is 0.642 e. The summed E-state index contributed by atoms with van der Waals surface area (Å²) in [6.07, 6.45) is 5.13. The zero-order chi connectivity index (χ0) is 29.7. The number of pyridine rings is 1. The normalized spacial score (nSPS) is 15.0. The monoisotopic (exact) mass is 684 g/mol. The summed E-state index contributed by atoms with van der Waals surface area (Å²) in [5.41, 5.74) is 4.84. The number of rotatable bonds is 6. The summed E-state index contributed by atoms with van der Waals surface area (Å²) in [7, 11) is 3.15. The highest BCUT2D eigenvalue weighted by Crippen LogP contribution is 2.49. The number of methoxy groups -OCH3 is 2. The molecule has 2 aromatic heterocycles. The van der Waals surface area contributed by atoms with Gasteiger partial charge in [-0.25, -0.2) is 0 Å². The lowest BCUT2D eigenvalue weighted by molar-refractivity contribution is -0.291. The Labute approximate surface area is 260 Å². The molecule has 212 valence electrons. The Morgan fingerprint density at radius 2 is 1.35 bits per heavy atom. The number of ether oxygens (including phenoxy) is 2. The fourth-order valence-corrected chi connectivity index (χ4v) is 6.85. The molecule has 10 heteroatoms. The molecule has 0 fully saturated rings. The molecule has 0 saturated carbocycles. The molecule has 0 spiro atoms. The number of aliphatic imine (C=N–C) groups is 1. The molecule has 0 N–H and O–H groups in total. The van der Waals surface area contributed by atoms with E-state index in [4.69, 9.17) is 14.5 Å². The van der Waals surface area contributed by atoms with E-state index in [1.165, 1.54) is 0 Å². The maximum Gasteiger partial charge on any atom is 0.642 e. The zero-order valence-corrected chi connectivity index (χ0v) is 25.4. The third-order valence-electron chi connectivity index (χ3n) is 7.77. The van der Waals surface area contributed by atoms with Crippen LogP contribution in [0.4, 0.5) is 14.4 Å². The predicted molar refractivity (Wildman–Crippen MR) is 175 cm³/mol. The molecule has 0 unspecified atom stereocenters. The second kappa shape index (κ2) is 10.6. The molecular formula is C33H24BF2IN4O2. The number of hydrogen-bond donors (Lipinski definition) is 0. The Morgan fingerprint density at radius 3 is 1.95 bits per heavy atom. The highest BCUT2D eigenvalue weighted by molar-refractivity contribution is 14.1. The number of benzene rings is 3. The molecule has 0 atom stereocenters. The molecule has 3 aromatic carbocycles. The first kappa shape index (κ1) is 27.3. The number of hydrogen-bond acceptors (Lipinski definition) is 4. The number of fused-ring (bicyclic) bond motifs is 2. The van der Waals surface area contributed by atoms with Gasteiger partial charge in [0.25, 0.3) is 5.84 Å². The van der Waals surface area contributed by atoms with Gasteiger partial charge >= 0.3 is 6.97 Å². The van der Waals surface area contributed by atoms with E-state index in [2.05, 4.69) is 27.6 Å². The topological polar surface area (TPSA) is 51.6 Å². The second-order valence-electron chi connectivity index (χ2n) is 10.1. The van der Waals surface area contributed by atoms with Crippen molar-refractivity contribution in [2.75, 3.05) is 14.2 Å². The molecule has 2 aliphatic heterocycles. The second-order valence-corrected chi connectivity index (χ2v) is 11.2. The van der Waals surface area contributed by atoms with E-state index in [1.54, 1.807) is 75.1 Å². The van der Waals surface area contributed by atoms with Gasteiger partial charge in [-0.15, -0.1) is 0 Å². The van der Waals surface area contributed by atoms with E-state index in [1.807, 2.05) is 48.5 Å². The lowest BCUT2D eigenvalue weighted by atomic mass is 9.90. The third-order valence-corrected chi connectivity index (χ3v) is 8.82. The standard InChI is InChI=1S/C33H24BF2IN4O2/c1-42-25-12-8-22(9-13-25)28-20-27(21-6-4-3-5-7-21)32-39-33-29(23-16-18-38-19-17-23)30(37)31(41(33)34(35,36)40(28)32)24-10-14-26(43-2)15-11-24/h3-20H,1-2H3. The lowest BCUT2D eigenvalue weighted by Gasteiger charge is -2.32. The SMILES string of the molecule is COc1ccc(C2=[N+]3C(=Nc4c(-c5ccncc5)c(I)c(-c5ccc(OC)cc5)n4[B-]3(F)F)C(c3ccccc3)=C2)cc1. The smallest absolute Gasteiger partial charge is 0.497 e. The summed E-state index contributed by atoms with van der Waals surface area (Å²) in [5, 5.41) is 0. The van der Waals surface area contributed by atoms with Crippen LogP contribution in [0.3, 0.4) is 0 Å². The van der Waals surface area contributed by atoms with E-state index >= 15 is 8.63 Å². The molecule has 2 aliphatic rings. The highest BCUT2D eigenvalue weighted by Gasteiger charge is 2.54. The number of allylic oxidation sites excluding steroid dienone is 1. The van der Waals surface area contributed by atoms with Gasteiger partial charge < -0.3 is 27.1 Å². The van der Waals surface area contributed by atoms with Gasteiger partial charge in [-0.2, -0.15) is 0 Å². The minimum atomic E-state index is -4.43. The summed E-state index contributed by atoms with van der Waals surface area (Å²) >= 11 is 2.17. The molecule has 6 nitrogen and oxygen atoms in total. The molecule has 0 bridgehead atoms. The first-order valence-corrected chi connectivity index (χ1v) is 14.7. The van der Waals surface area contributed by atoms with Crippen LogP contribution in [0.25, 0.3) is 28.0 Å². The Bertz CT molecular complexity index is 1950. The van der Waals surface area contributed by atoms with E-state index < -0.39 is 6.97 Å². The van der Waals surface area contributed by atoms with Crippen LogP contribution >= 0.6 is 22.6 Å². The quantitative estimate of drug-likeness (QED) is 0.136. The number of halogens is 3. The Morgan fingerprint density at radius 1 is 0.744 bits per heavy atom. The van der Waals surface area contributed by atoms with E-state index in [-0.39, 0.29) is 11.7 Å². The maximum absolute atomic E-state index is 17.5. The molecule has 43 heavy (non-hydrogen) atoms. The van der Waals surface area contributed by atoms with Crippen LogP contribution < -0.4 is 9.47 Å². The van der Waals surface area contributed by atoms with Crippen LogP contribution in [-0.2, 0) is 0 Å². The highest BCUT2D eigenvalue weighted by atomic mass is 127. The van der Waals surface area contributed by atoms with Gasteiger partial charge in [0, 0.05) is 27.2 Å². The van der Waals surface area contributed by atoms with Crippen molar-refractivity contribution in [3.8, 4) is 33.9 Å². The van der Waals surface area contributed by atoms with Gasteiger partial charge in [-0.05, 0) is 111 Å². The van der Waals surface area contributed by atoms with Crippen molar-refractivity contribution in [3.63, 3.8) is 0 Å². The van der Waals surface area contributed by atoms with Crippen LogP contribution in [0.2, 0.25) is 0 Å². The van der Waals surface area contributed by atoms with Gasteiger partial charge in [0.1, 0.15) is 11.5 Å². The molecule has 5 aromatic rings. The summed E-state index contributed by atoms with van der Waals surface area (Å²) < 4.78 is 48.5. The fourth-order valence-electron chi connectivity index (χ4n) is 5.72. The van der Waals surface area contributed by atoms with Gasteiger partial charge in [0.05, 0.1) is 31.1 Å². The van der Waals surface area contributed by atoms with Crippen molar-refractivity contribution in [1.29, 1.82) is 0 Å². The van der Waals surface area contributed by atoms with Crippen molar-refractivity contribution in [1.82, 2.24) is 9.46 Å². The van der Waals surface area contributed by atoms with Crippen molar-refractivity contribution in [3.05, 3.63) is 124 Å². The average molecular weight is 684 g/mol. The van der Waals surface area contributed by atoms with E-state index in [9.17, 15) is 0 Å². The lowest BCUT2D eigenvalue weighted by Crippen LogP contribution is -2.53. The summed E-state index contributed by atoms with van der Waals surface area (Å²) in [6, 6.07) is 27.5. The molecule has 0 aliphatic carbocycles. The first-order chi connectivity index (χ1) is 20.9. The minimum absolute atomic E-state index is 0.204. The predicted octanol–water partition coefficient (Wildman–Crippen LogP) is 7.70. The molecule has 7 rings (SSSR count).